The molecule has 1 N–H and O–H groups in total. The van der Waals surface area contributed by atoms with Gasteiger partial charge in [-0.05, 0) is 63.5 Å². The fraction of sp³-hybridized carbons (Fsp3) is 0.455. The summed E-state index contributed by atoms with van der Waals surface area (Å²) in [7, 11) is 0. The Hall–Kier alpha value is -2.17. The summed E-state index contributed by atoms with van der Waals surface area (Å²) in [5.74, 6) is 0.475. The quantitative estimate of drug-likeness (QED) is 0.342. The van der Waals surface area contributed by atoms with Crippen LogP contribution in [0.15, 0.2) is 22.7 Å². The number of carbonyl (C=O) groups is 2. The van der Waals surface area contributed by atoms with Crippen LogP contribution in [0.25, 0.3) is 10.7 Å². The van der Waals surface area contributed by atoms with Crippen LogP contribution in [0.3, 0.4) is 0 Å². The minimum absolute atomic E-state index is 0.171. The number of hydrogen-bond donors (Lipinski definition) is 1. The van der Waals surface area contributed by atoms with E-state index in [1.54, 1.807) is 11.3 Å². The highest BCUT2D eigenvalue weighted by atomic mass is 32.2. The molecule has 32 heavy (non-hydrogen) atoms. The zero-order chi connectivity index (χ0) is 22.7. The average molecular weight is 491 g/mol. The van der Waals surface area contributed by atoms with Gasteiger partial charge in [-0.15, -0.1) is 32.9 Å². The number of nitrogens with one attached hydrogen (secondary N) is 1. The van der Waals surface area contributed by atoms with Gasteiger partial charge in [0, 0.05) is 11.4 Å². The lowest BCUT2D eigenvalue weighted by Gasteiger charge is -2.14. The highest BCUT2D eigenvalue weighted by Gasteiger charge is 2.28. The van der Waals surface area contributed by atoms with Gasteiger partial charge >= 0.3 is 5.97 Å². The van der Waals surface area contributed by atoms with Crippen LogP contribution in [0.1, 0.15) is 54.4 Å². The van der Waals surface area contributed by atoms with E-state index >= 15 is 0 Å². The normalized spacial score (nSPS) is 13.2. The lowest BCUT2D eigenvalue weighted by atomic mass is 9.95. The molecule has 3 aromatic rings. The van der Waals surface area contributed by atoms with Crippen molar-refractivity contribution in [2.75, 3.05) is 11.1 Å². The van der Waals surface area contributed by atoms with Gasteiger partial charge in [0.2, 0.25) is 5.91 Å². The van der Waals surface area contributed by atoms with E-state index in [0.717, 1.165) is 41.9 Å². The number of aromatic nitrogens is 3. The molecule has 0 spiro atoms. The molecule has 170 valence electrons. The molecule has 0 saturated carbocycles. The second-order valence-electron chi connectivity index (χ2n) is 7.73. The summed E-state index contributed by atoms with van der Waals surface area (Å²) in [5.41, 5.74) is 1.58. The average Bonchev–Trinajstić information content (AvgIpc) is 3.48. The van der Waals surface area contributed by atoms with Crippen molar-refractivity contribution < 1.29 is 14.3 Å². The summed E-state index contributed by atoms with van der Waals surface area (Å²) >= 11 is 4.46. The lowest BCUT2D eigenvalue weighted by Crippen LogP contribution is -2.19. The zero-order valence-electron chi connectivity index (χ0n) is 18.3. The molecule has 0 radical (unpaired) electrons. The number of hydrogen-bond acceptors (Lipinski definition) is 8. The van der Waals surface area contributed by atoms with Crippen LogP contribution < -0.4 is 5.32 Å². The fourth-order valence-corrected chi connectivity index (χ4v) is 6.52. The molecule has 0 aliphatic heterocycles. The number of amides is 1. The Morgan fingerprint density at radius 3 is 2.81 bits per heavy atom. The first-order valence-electron chi connectivity index (χ1n) is 10.7. The maximum Gasteiger partial charge on any atom is 0.341 e. The molecule has 0 bridgehead atoms. The van der Waals surface area contributed by atoms with Crippen LogP contribution in [0, 0.1) is 0 Å². The Labute approximate surface area is 199 Å². The third kappa shape index (κ3) is 4.92. The smallest absolute Gasteiger partial charge is 0.341 e. The van der Waals surface area contributed by atoms with Gasteiger partial charge in [0.05, 0.1) is 22.3 Å². The van der Waals surface area contributed by atoms with Crippen molar-refractivity contribution in [3.05, 3.63) is 33.5 Å². The highest BCUT2D eigenvalue weighted by molar-refractivity contribution is 7.99. The van der Waals surface area contributed by atoms with Crippen molar-refractivity contribution in [3.63, 3.8) is 0 Å². The third-order valence-corrected chi connectivity index (χ3v) is 8.12. The van der Waals surface area contributed by atoms with E-state index in [1.165, 1.54) is 28.0 Å². The predicted octanol–water partition coefficient (Wildman–Crippen LogP) is 5.26. The van der Waals surface area contributed by atoms with Crippen LogP contribution >= 0.6 is 34.4 Å². The first-order chi connectivity index (χ1) is 15.5. The maximum absolute atomic E-state index is 12.8. The van der Waals surface area contributed by atoms with E-state index in [0.29, 0.717) is 22.3 Å². The van der Waals surface area contributed by atoms with Crippen LogP contribution in [0.5, 0.6) is 0 Å². The highest BCUT2D eigenvalue weighted by Crippen LogP contribution is 2.39. The summed E-state index contributed by atoms with van der Waals surface area (Å²) < 4.78 is 7.48. The molecule has 0 unspecified atom stereocenters. The van der Waals surface area contributed by atoms with Crippen molar-refractivity contribution in [2.45, 2.75) is 64.3 Å². The molecule has 0 atom stereocenters. The predicted molar refractivity (Wildman–Crippen MR) is 130 cm³/mol. The van der Waals surface area contributed by atoms with Gasteiger partial charge in [-0.1, -0.05) is 17.8 Å². The number of thiophene rings is 2. The summed E-state index contributed by atoms with van der Waals surface area (Å²) in [6.45, 7) is 6.42. The Morgan fingerprint density at radius 1 is 1.28 bits per heavy atom. The van der Waals surface area contributed by atoms with E-state index < -0.39 is 0 Å². The standard InChI is InChI=1S/C22H26N4O3S3/c1-4-26-19(16-10-7-11-30-16)24-25-22(26)31-12-17(27)23-20-18(21(28)29-13(2)3)14-8-5-6-9-15(14)32-20/h7,10-11,13H,4-6,8-9,12H2,1-3H3,(H,23,27). The number of rotatable bonds is 8. The Kier molecular flexibility index (Phi) is 7.32. The molecule has 10 heteroatoms. The van der Waals surface area contributed by atoms with Crippen molar-refractivity contribution in [3.8, 4) is 10.7 Å². The van der Waals surface area contributed by atoms with Crippen molar-refractivity contribution >= 4 is 51.3 Å². The number of carbonyl (C=O) groups excluding carboxylic acids is 2. The molecule has 0 saturated heterocycles. The SMILES string of the molecule is CCn1c(SCC(=O)Nc2sc3c(c2C(=O)OC(C)C)CCCC3)nnc1-c1cccs1. The van der Waals surface area contributed by atoms with Gasteiger partial charge in [0.1, 0.15) is 5.00 Å². The number of esters is 1. The first kappa shape index (κ1) is 23.0. The van der Waals surface area contributed by atoms with Crippen molar-refractivity contribution in [2.24, 2.45) is 0 Å². The van der Waals surface area contributed by atoms with Crippen molar-refractivity contribution in [1.29, 1.82) is 0 Å². The second kappa shape index (κ2) is 10.2. The van der Waals surface area contributed by atoms with Crippen LogP contribution in [-0.2, 0) is 28.9 Å². The van der Waals surface area contributed by atoms with Crippen molar-refractivity contribution in [1.82, 2.24) is 14.8 Å². The number of thioether (sulfide) groups is 1. The molecule has 7 nitrogen and oxygen atoms in total. The van der Waals surface area contributed by atoms with Gasteiger partial charge < -0.3 is 14.6 Å². The van der Waals surface area contributed by atoms with Gasteiger partial charge in [-0.3, -0.25) is 4.79 Å². The molecule has 0 fully saturated rings. The summed E-state index contributed by atoms with van der Waals surface area (Å²) in [4.78, 5) is 27.8. The number of anilines is 1. The molecule has 3 heterocycles. The molecule has 1 aliphatic carbocycles. The van der Waals surface area contributed by atoms with Crippen LogP contribution in [0.4, 0.5) is 5.00 Å². The van der Waals surface area contributed by atoms with E-state index in [4.69, 9.17) is 4.74 Å². The molecule has 4 rings (SSSR count). The minimum Gasteiger partial charge on any atom is -0.459 e. The molecular formula is C22H26N4O3S3. The van der Waals surface area contributed by atoms with E-state index in [1.807, 2.05) is 42.9 Å². The van der Waals surface area contributed by atoms with Gasteiger partial charge in [-0.25, -0.2) is 4.79 Å². The van der Waals surface area contributed by atoms with Crippen LogP contribution in [0.2, 0.25) is 0 Å². The molecule has 1 aliphatic rings. The monoisotopic (exact) mass is 490 g/mol. The first-order valence-corrected chi connectivity index (χ1v) is 13.4. The minimum atomic E-state index is -0.353. The van der Waals surface area contributed by atoms with E-state index in [9.17, 15) is 9.59 Å². The fourth-order valence-electron chi connectivity index (χ4n) is 3.70. The third-order valence-electron chi connectivity index (χ3n) is 5.08. The molecule has 1 amide bonds. The number of aryl methyl sites for hydroxylation is 1. The number of fused-ring (bicyclic) bond motifs is 1. The molecular weight excluding hydrogens is 464 g/mol. The zero-order valence-corrected chi connectivity index (χ0v) is 20.8. The van der Waals surface area contributed by atoms with Gasteiger partial charge in [0.15, 0.2) is 11.0 Å². The van der Waals surface area contributed by atoms with Gasteiger partial charge in [-0.2, -0.15) is 0 Å². The summed E-state index contributed by atoms with van der Waals surface area (Å²) in [5, 5.41) is 14.9. The van der Waals surface area contributed by atoms with E-state index in [-0.39, 0.29) is 23.7 Å². The summed E-state index contributed by atoms with van der Waals surface area (Å²) in [6, 6.07) is 4.00. The van der Waals surface area contributed by atoms with Crippen LogP contribution in [-0.4, -0.2) is 38.5 Å². The second-order valence-corrected chi connectivity index (χ2v) is 10.7. The Balaban J connectivity index is 1.48. The maximum atomic E-state index is 12.8. The molecule has 0 aromatic carbocycles. The largest absolute Gasteiger partial charge is 0.459 e. The van der Waals surface area contributed by atoms with Gasteiger partial charge in [0.25, 0.3) is 0 Å². The number of nitrogens with zero attached hydrogens (tertiary/aromatic N) is 3. The topological polar surface area (TPSA) is 86.1 Å². The summed E-state index contributed by atoms with van der Waals surface area (Å²) in [6.07, 6.45) is 3.74. The Bertz CT molecular complexity index is 1100. The lowest BCUT2D eigenvalue weighted by molar-refractivity contribution is -0.113. The van der Waals surface area contributed by atoms with E-state index in [2.05, 4.69) is 15.5 Å². The Morgan fingerprint density at radius 2 is 2.09 bits per heavy atom. The number of ether oxygens (including phenoxy) is 1. The molecule has 3 aromatic heterocycles.